The first-order valence-electron chi connectivity index (χ1n) is 10.8. The third kappa shape index (κ3) is 6.60. The highest BCUT2D eigenvalue weighted by atomic mass is 19.4. The van der Waals surface area contributed by atoms with E-state index < -0.39 is 47.6 Å². The number of hydrogen-bond donors (Lipinski definition) is 0. The number of allylic oxidation sites excluding steroid dienone is 1. The summed E-state index contributed by atoms with van der Waals surface area (Å²) in [6.07, 6.45) is -11.8. The second kappa shape index (κ2) is 10.6. The van der Waals surface area contributed by atoms with Gasteiger partial charge in [0.15, 0.2) is 0 Å². The minimum atomic E-state index is -5.52. The zero-order valence-corrected chi connectivity index (χ0v) is 20.3. The molecular formula is C24H31F6NO4. The molecule has 11 heteroatoms. The third-order valence-corrected chi connectivity index (χ3v) is 5.71. The SMILES string of the molecule is C=C(C)C#N.C=C(C)C(=O)OC(C)(C)C.C=COC1C2CC3OC(C(F)(F)F)(C(F)(F)F)C1C3C2. The Morgan fingerprint density at radius 2 is 1.57 bits per heavy atom. The summed E-state index contributed by atoms with van der Waals surface area (Å²) in [5.74, 6) is -3.16. The van der Waals surface area contributed by atoms with Gasteiger partial charge in [0.2, 0.25) is 0 Å². The maximum absolute atomic E-state index is 13.2. The van der Waals surface area contributed by atoms with Crippen LogP contribution in [0.15, 0.2) is 37.1 Å². The van der Waals surface area contributed by atoms with Gasteiger partial charge in [0, 0.05) is 17.1 Å². The van der Waals surface area contributed by atoms with Crippen molar-refractivity contribution in [2.75, 3.05) is 0 Å². The number of carbonyl (C=O) groups is 1. The molecular weight excluding hydrogens is 480 g/mol. The molecule has 0 aromatic carbocycles. The topological polar surface area (TPSA) is 68.6 Å². The fourth-order valence-corrected chi connectivity index (χ4v) is 4.58. The lowest BCUT2D eigenvalue weighted by molar-refractivity contribution is -0.387. The van der Waals surface area contributed by atoms with Gasteiger partial charge in [-0.25, -0.2) is 4.79 Å². The molecule has 2 bridgehead atoms. The molecule has 0 spiro atoms. The molecule has 3 aliphatic rings. The van der Waals surface area contributed by atoms with Crippen LogP contribution in [0.4, 0.5) is 26.3 Å². The molecule has 0 radical (unpaired) electrons. The number of nitriles is 1. The maximum atomic E-state index is 13.2. The van der Waals surface area contributed by atoms with E-state index >= 15 is 0 Å². The van der Waals surface area contributed by atoms with Crippen LogP contribution < -0.4 is 0 Å². The lowest BCUT2D eigenvalue weighted by Crippen LogP contribution is -2.62. The molecule has 1 heterocycles. The first kappa shape index (κ1) is 30.6. The van der Waals surface area contributed by atoms with Crippen LogP contribution in [0.5, 0.6) is 0 Å². The molecule has 3 rings (SSSR count). The van der Waals surface area contributed by atoms with Crippen molar-refractivity contribution in [1.29, 1.82) is 5.26 Å². The molecule has 5 nitrogen and oxygen atoms in total. The Hall–Kier alpha value is -2.48. The number of hydrogen-bond acceptors (Lipinski definition) is 5. The van der Waals surface area contributed by atoms with Crippen LogP contribution >= 0.6 is 0 Å². The standard InChI is InChI=1S/C12H12F6O2.C8H14O2.C4H5N/c1-2-19-9-5-3-6-7(4-5)20-10(8(6)9,11(13,14)15)12(16,17)18;1-6(2)7(9)10-8(3,4)5;1-4(2)3-5/h2,5-9H,1,3-4H2;1H2,2-5H3;1H2,2H3. The second-order valence-electron chi connectivity index (χ2n) is 9.75. The smallest absolute Gasteiger partial charge is 0.426 e. The zero-order chi connectivity index (χ0) is 27.6. The fourth-order valence-electron chi connectivity index (χ4n) is 4.58. The number of carbonyl (C=O) groups excluding carboxylic acids is 1. The molecule has 198 valence electrons. The molecule has 0 N–H and O–H groups in total. The van der Waals surface area contributed by atoms with E-state index in [1.54, 1.807) is 13.8 Å². The van der Waals surface area contributed by atoms with Crippen molar-refractivity contribution in [3.63, 3.8) is 0 Å². The van der Waals surface area contributed by atoms with Crippen LogP contribution in [0, 0.1) is 29.1 Å². The van der Waals surface area contributed by atoms with Gasteiger partial charge in [0.25, 0.3) is 5.60 Å². The Morgan fingerprint density at radius 3 is 1.89 bits per heavy atom. The number of esters is 1. The van der Waals surface area contributed by atoms with Crippen molar-refractivity contribution in [1.82, 2.24) is 0 Å². The Balaban J connectivity index is 0.000000343. The molecule has 2 saturated carbocycles. The number of ether oxygens (including phenoxy) is 3. The van der Waals surface area contributed by atoms with Gasteiger partial charge < -0.3 is 14.2 Å². The summed E-state index contributed by atoms with van der Waals surface area (Å²) in [4.78, 5) is 10.8. The zero-order valence-electron chi connectivity index (χ0n) is 20.3. The highest BCUT2D eigenvalue weighted by molar-refractivity contribution is 5.87. The van der Waals surface area contributed by atoms with E-state index in [9.17, 15) is 31.1 Å². The van der Waals surface area contributed by atoms with Crippen LogP contribution in [-0.4, -0.2) is 41.7 Å². The fraction of sp³-hybridized carbons (Fsp3) is 0.667. The molecule has 0 amide bonds. The second-order valence-corrected chi connectivity index (χ2v) is 9.75. The van der Waals surface area contributed by atoms with Gasteiger partial charge in [-0.05, 0) is 59.3 Å². The van der Waals surface area contributed by atoms with E-state index in [-0.39, 0.29) is 24.7 Å². The summed E-state index contributed by atoms with van der Waals surface area (Å²) in [6, 6.07) is 1.83. The van der Waals surface area contributed by atoms with Gasteiger partial charge in [-0.3, -0.25) is 0 Å². The highest BCUT2D eigenvalue weighted by Gasteiger charge is 2.85. The van der Waals surface area contributed by atoms with E-state index in [1.807, 2.05) is 26.8 Å². The molecule has 1 aliphatic heterocycles. The summed E-state index contributed by atoms with van der Waals surface area (Å²) in [5.41, 5.74) is -3.52. The third-order valence-electron chi connectivity index (χ3n) is 5.71. The lowest BCUT2D eigenvalue weighted by atomic mass is 9.76. The molecule has 1 saturated heterocycles. The summed E-state index contributed by atoms with van der Waals surface area (Å²) >= 11 is 0. The van der Waals surface area contributed by atoms with E-state index in [0.717, 1.165) is 6.26 Å². The van der Waals surface area contributed by atoms with E-state index in [4.69, 9.17) is 14.7 Å². The van der Waals surface area contributed by atoms with Crippen molar-refractivity contribution in [2.24, 2.45) is 17.8 Å². The van der Waals surface area contributed by atoms with Gasteiger partial charge in [-0.2, -0.15) is 31.6 Å². The van der Waals surface area contributed by atoms with E-state index in [1.165, 1.54) is 0 Å². The van der Waals surface area contributed by atoms with Gasteiger partial charge in [0.1, 0.15) is 11.7 Å². The average molecular weight is 512 g/mol. The van der Waals surface area contributed by atoms with Crippen LogP contribution in [-0.2, 0) is 19.0 Å². The quantitative estimate of drug-likeness (QED) is 0.144. The number of nitrogens with zero attached hydrogens (tertiary/aromatic N) is 1. The Kier molecular flexibility index (Phi) is 9.29. The Bertz CT molecular complexity index is 849. The Morgan fingerprint density at radius 1 is 1.09 bits per heavy atom. The predicted molar refractivity (Wildman–Crippen MR) is 116 cm³/mol. The minimum absolute atomic E-state index is 0.174. The Labute approximate surface area is 201 Å². The van der Waals surface area contributed by atoms with Gasteiger partial charge in [0.05, 0.1) is 18.4 Å². The molecule has 5 unspecified atom stereocenters. The van der Waals surface area contributed by atoms with Crippen molar-refractivity contribution in [3.8, 4) is 6.07 Å². The van der Waals surface area contributed by atoms with Crippen LogP contribution in [0.1, 0.15) is 47.5 Å². The molecule has 0 aromatic heterocycles. The predicted octanol–water partition coefficient (Wildman–Crippen LogP) is 6.42. The van der Waals surface area contributed by atoms with Gasteiger partial charge in [-0.1, -0.05) is 19.7 Å². The number of rotatable bonds is 3. The van der Waals surface area contributed by atoms with Crippen LogP contribution in [0.2, 0.25) is 0 Å². The number of fused-ring (bicyclic) bond motifs is 1. The number of alkyl halides is 6. The molecule has 2 aliphatic carbocycles. The van der Waals surface area contributed by atoms with Gasteiger partial charge >= 0.3 is 18.3 Å². The van der Waals surface area contributed by atoms with Crippen molar-refractivity contribution in [3.05, 3.63) is 37.1 Å². The lowest BCUT2D eigenvalue weighted by Gasteiger charge is -2.39. The van der Waals surface area contributed by atoms with Crippen LogP contribution in [0.3, 0.4) is 0 Å². The summed E-state index contributed by atoms with van der Waals surface area (Å²) < 4.78 is 93.9. The largest absolute Gasteiger partial charge is 0.498 e. The minimum Gasteiger partial charge on any atom is -0.498 e. The van der Waals surface area contributed by atoms with E-state index in [2.05, 4.69) is 24.5 Å². The molecule has 3 fully saturated rings. The van der Waals surface area contributed by atoms with Crippen molar-refractivity contribution in [2.45, 2.75) is 83.2 Å². The van der Waals surface area contributed by atoms with Crippen LogP contribution in [0.25, 0.3) is 0 Å². The monoisotopic (exact) mass is 511 g/mol. The van der Waals surface area contributed by atoms with E-state index in [0.29, 0.717) is 11.1 Å². The summed E-state index contributed by atoms with van der Waals surface area (Å²) in [6.45, 7) is 18.8. The highest BCUT2D eigenvalue weighted by Crippen LogP contribution is 2.68. The molecule has 35 heavy (non-hydrogen) atoms. The van der Waals surface area contributed by atoms with Crippen molar-refractivity contribution >= 4 is 5.97 Å². The molecule has 5 atom stereocenters. The maximum Gasteiger partial charge on any atom is 0.426 e. The average Bonchev–Trinajstić information content (AvgIpc) is 3.28. The summed E-state index contributed by atoms with van der Waals surface area (Å²) in [5, 5.41) is 7.79. The number of halogens is 6. The van der Waals surface area contributed by atoms with Crippen molar-refractivity contribution < 1.29 is 45.3 Å². The molecule has 0 aromatic rings. The normalized spacial score (nSPS) is 27.9. The van der Waals surface area contributed by atoms with Gasteiger partial charge in [-0.15, -0.1) is 0 Å². The summed E-state index contributed by atoms with van der Waals surface area (Å²) in [7, 11) is 0. The first-order valence-corrected chi connectivity index (χ1v) is 10.8. The first-order chi connectivity index (χ1) is 15.7.